The molecule has 2 amide bonds. The number of fused-ring (bicyclic) bond motifs is 1. The van der Waals surface area contributed by atoms with Crippen LogP contribution in [0, 0.1) is 0 Å². The first-order valence-electron chi connectivity index (χ1n) is 6.49. The lowest BCUT2D eigenvalue weighted by Crippen LogP contribution is -2.41. The van der Waals surface area contributed by atoms with Crippen molar-refractivity contribution >= 4 is 22.8 Å². The van der Waals surface area contributed by atoms with Crippen LogP contribution in [0.3, 0.4) is 0 Å². The van der Waals surface area contributed by atoms with Gasteiger partial charge in [0, 0.05) is 31.0 Å². The number of rotatable bonds is 2. The molecule has 0 radical (unpaired) electrons. The summed E-state index contributed by atoms with van der Waals surface area (Å²) < 4.78 is 10.2. The third-order valence-corrected chi connectivity index (χ3v) is 3.24. The average Bonchev–Trinajstić information content (AvgIpc) is 2.79. The number of carbonyl (C=O) groups is 1. The third kappa shape index (κ3) is 2.83. The maximum Gasteiger partial charge on any atom is 0.417 e. The fourth-order valence-electron chi connectivity index (χ4n) is 2.22. The second-order valence-corrected chi connectivity index (χ2v) is 4.71. The minimum absolute atomic E-state index is 0.137. The maximum atomic E-state index is 11.9. The van der Waals surface area contributed by atoms with Gasteiger partial charge in [-0.3, -0.25) is 4.98 Å². The van der Waals surface area contributed by atoms with E-state index < -0.39 is 5.76 Å². The molecule has 0 spiro atoms. The SMILES string of the molecule is O=C(Nc1ccc2[nH]c(=O)oc2c1)NC1CCOCC1. The number of H-pyrrole nitrogens is 1. The minimum Gasteiger partial charge on any atom is -0.408 e. The summed E-state index contributed by atoms with van der Waals surface area (Å²) in [7, 11) is 0. The molecule has 2 heterocycles. The highest BCUT2D eigenvalue weighted by Gasteiger charge is 2.16. The Balaban J connectivity index is 1.65. The highest BCUT2D eigenvalue weighted by Crippen LogP contribution is 2.16. The van der Waals surface area contributed by atoms with Crippen molar-refractivity contribution in [2.45, 2.75) is 18.9 Å². The number of hydrogen-bond acceptors (Lipinski definition) is 4. The summed E-state index contributed by atoms with van der Waals surface area (Å²) in [6.45, 7) is 1.34. The summed E-state index contributed by atoms with van der Waals surface area (Å²) in [5, 5.41) is 5.61. The van der Waals surface area contributed by atoms with Crippen LogP contribution in [0.4, 0.5) is 10.5 Å². The highest BCUT2D eigenvalue weighted by atomic mass is 16.5. The molecule has 0 atom stereocenters. The van der Waals surface area contributed by atoms with Crippen LogP contribution < -0.4 is 16.4 Å². The molecule has 20 heavy (non-hydrogen) atoms. The van der Waals surface area contributed by atoms with Crippen LogP contribution in [0.1, 0.15) is 12.8 Å². The summed E-state index contributed by atoms with van der Waals surface area (Å²) in [6, 6.07) is 4.87. The van der Waals surface area contributed by atoms with E-state index in [1.807, 2.05) is 0 Å². The topological polar surface area (TPSA) is 96.4 Å². The molecule has 1 aromatic heterocycles. The number of nitrogens with one attached hydrogen (secondary N) is 3. The van der Waals surface area contributed by atoms with Crippen LogP contribution in [0.25, 0.3) is 11.1 Å². The standard InChI is InChI=1S/C13H15N3O4/c17-12(14-8-3-5-19-6-4-8)15-9-1-2-10-11(7-9)20-13(18)16-10/h1-2,7-8H,3-6H2,(H,16,18)(H2,14,15,17). The van der Waals surface area contributed by atoms with Crippen molar-refractivity contribution in [2.24, 2.45) is 0 Å². The molecule has 0 unspecified atom stereocenters. The van der Waals surface area contributed by atoms with Crippen LogP contribution in [-0.4, -0.2) is 30.3 Å². The van der Waals surface area contributed by atoms with E-state index in [0.29, 0.717) is 30.0 Å². The molecule has 3 N–H and O–H groups in total. The number of carbonyl (C=O) groups excluding carboxylic acids is 1. The zero-order valence-corrected chi connectivity index (χ0v) is 10.8. The molecule has 3 rings (SSSR count). The number of ether oxygens (including phenoxy) is 1. The molecule has 1 saturated heterocycles. The Labute approximate surface area is 114 Å². The van der Waals surface area contributed by atoms with Crippen LogP contribution in [-0.2, 0) is 4.74 Å². The summed E-state index contributed by atoms with van der Waals surface area (Å²) in [6.07, 6.45) is 1.64. The zero-order chi connectivity index (χ0) is 13.9. The van der Waals surface area contributed by atoms with Gasteiger partial charge in [0.25, 0.3) is 0 Å². The quantitative estimate of drug-likeness (QED) is 0.773. The van der Waals surface area contributed by atoms with Crippen molar-refractivity contribution in [2.75, 3.05) is 18.5 Å². The van der Waals surface area contributed by atoms with Gasteiger partial charge < -0.3 is 19.8 Å². The molecular formula is C13H15N3O4. The molecule has 106 valence electrons. The second-order valence-electron chi connectivity index (χ2n) is 4.71. The summed E-state index contributed by atoms with van der Waals surface area (Å²) in [4.78, 5) is 25.5. The maximum absolute atomic E-state index is 11.9. The molecule has 1 aliphatic rings. The molecule has 1 fully saturated rings. The highest BCUT2D eigenvalue weighted by molar-refractivity contribution is 5.91. The molecule has 7 nitrogen and oxygen atoms in total. The number of benzene rings is 1. The number of aromatic nitrogens is 1. The van der Waals surface area contributed by atoms with Gasteiger partial charge in [-0.05, 0) is 25.0 Å². The lowest BCUT2D eigenvalue weighted by molar-refractivity contribution is 0.0806. The van der Waals surface area contributed by atoms with Crippen LogP contribution >= 0.6 is 0 Å². The van der Waals surface area contributed by atoms with Crippen molar-refractivity contribution < 1.29 is 13.9 Å². The van der Waals surface area contributed by atoms with Gasteiger partial charge in [0.05, 0.1) is 5.52 Å². The molecular weight excluding hydrogens is 262 g/mol. The van der Waals surface area contributed by atoms with Crippen molar-refractivity contribution in [3.05, 3.63) is 28.7 Å². The van der Waals surface area contributed by atoms with E-state index in [0.717, 1.165) is 12.8 Å². The molecule has 0 bridgehead atoms. The van der Waals surface area contributed by atoms with Crippen LogP contribution in [0.15, 0.2) is 27.4 Å². The first-order valence-corrected chi connectivity index (χ1v) is 6.49. The van der Waals surface area contributed by atoms with Crippen molar-refractivity contribution in [3.63, 3.8) is 0 Å². The van der Waals surface area contributed by atoms with Gasteiger partial charge in [-0.15, -0.1) is 0 Å². The fourth-order valence-corrected chi connectivity index (χ4v) is 2.22. The molecule has 2 aromatic rings. The van der Waals surface area contributed by atoms with E-state index in [1.165, 1.54) is 0 Å². The number of hydrogen-bond donors (Lipinski definition) is 3. The Hall–Kier alpha value is -2.28. The van der Waals surface area contributed by atoms with Gasteiger partial charge in [-0.1, -0.05) is 0 Å². The van der Waals surface area contributed by atoms with Gasteiger partial charge >= 0.3 is 11.8 Å². The molecule has 1 aromatic carbocycles. The van der Waals surface area contributed by atoms with Crippen LogP contribution in [0.5, 0.6) is 0 Å². The first-order chi connectivity index (χ1) is 9.70. The smallest absolute Gasteiger partial charge is 0.408 e. The number of anilines is 1. The monoisotopic (exact) mass is 277 g/mol. The lowest BCUT2D eigenvalue weighted by Gasteiger charge is -2.23. The lowest BCUT2D eigenvalue weighted by atomic mass is 10.1. The van der Waals surface area contributed by atoms with E-state index in [1.54, 1.807) is 18.2 Å². The number of oxazole rings is 1. The Morgan fingerprint density at radius 2 is 2.10 bits per heavy atom. The van der Waals surface area contributed by atoms with E-state index >= 15 is 0 Å². The largest absolute Gasteiger partial charge is 0.417 e. The summed E-state index contributed by atoms with van der Waals surface area (Å²) in [5.74, 6) is -0.510. The Bertz CT molecular complexity index is 670. The minimum atomic E-state index is -0.510. The van der Waals surface area contributed by atoms with Gasteiger partial charge in [-0.25, -0.2) is 9.59 Å². The van der Waals surface area contributed by atoms with Gasteiger partial charge in [0.1, 0.15) is 0 Å². The third-order valence-electron chi connectivity index (χ3n) is 3.24. The predicted octanol–water partition coefficient (Wildman–Crippen LogP) is 1.42. The average molecular weight is 277 g/mol. The summed E-state index contributed by atoms with van der Waals surface area (Å²) in [5.41, 5.74) is 1.59. The summed E-state index contributed by atoms with van der Waals surface area (Å²) >= 11 is 0. The Kier molecular flexibility index (Phi) is 3.42. The Morgan fingerprint density at radius 1 is 1.30 bits per heavy atom. The molecule has 0 aliphatic carbocycles. The Morgan fingerprint density at radius 3 is 2.90 bits per heavy atom. The van der Waals surface area contributed by atoms with E-state index in [4.69, 9.17) is 9.15 Å². The van der Waals surface area contributed by atoms with Crippen molar-refractivity contribution in [1.29, 1.82) is 0 Å². The number of urea groups is 1. The fraction of sp³-hybridized carbons (Fsp3) is 0.385. The van der Waals surface area contributed by atoms with Gasteiger partial charge in [0.15, 0.2) is 5.58 Å². The van der Waals surface area contributed by atoms with E-state index in [-0.39, 0.29) is 12.1 Å². The molecule has 1 aliphatic heterocycles. The van der Waals surface area contributed by atoms with Crippen molar-refractivity contribution in [3.8, 4) is 0 Å². The molecule has 7 heteroatoms. The van der Waals surface area contributed by atoms with Crippen molar-refractivity contribution in [1.82, 2.24) is 10.3 Å². The van der Waals surface area contributed by atoms with Crippen LogP contribution in [0.2, 0.25) is 0 Å². The normalized spacial score (nSPS) is 16.2. The number of amides is 2. The van der Waals surface area contributed by atoms with E-state index in [2.05, 4.69) is 15.6 Å². The van der Waals surface area contributed by atoms with E-state index in [9.17, 15) is 9.59 Å². The van der Waals surface area contributed by atoms with Gasteiger partial charge in [-0.2, -0.15) is 0 Å². The predicted molar refractivity (Wildman–Crippen MR) is 72.8 cm³/mol. The molecule has 0 saturated carbocycles. The second kappa shape index (κ2) is 5.38. The number of aromatic amines is 1. The zero-order valence-electron chi connectivity index (χ0n) is 10.8. The van der Waals surface area contributed by atoms with Gasteiger partial charge in [0.2, 0.25) is 0 Å². The first kappa shape index (κ1) is 12.7.